The highest BCUT2D eigenvalue weighted by Gasteiger charge is 2.50. The lowest BCUT2D eigenvalue weighted by Crippen LogP contribution is -2.23. The molecule has 0 atom stereocenters. The number of ether oxygens (including phenoxy) is 9. The molecule has 0 aliphatic rings. The summed E-state index contributed by atoms with van der Waals surface area (Å²) in [5.74, 6) is 3.17. The molecule has 338 valence electrons. The molecular weight excluding hydrogens is 785 g/mol. The molecule has 0 bridgehead atoms. The van der Waals surface area contributed by atoms with Crippen LogP contribution in [0.1, 0.15) is 138 Å². The fourth-order valence-corrected chi connectivity index (χ4v) is 9.81. The number of carbonyl (C=O) groups excluding carboxylic acids is 1. The molecule has 0 saturated heterocycles. The smallest absolute Gasteiger partial charge is 0.316 e. The van der Waals surface area contributed by atoms with Crippen molar-refractivity contribution in [3.05, 3.63) is 36.4 Å². The van der Waals surface area contributed by atoms with Crippen LogP contribution in [0.2, 0.25) is 0 Å². The van der Waals surface area contributed by atoms with Gasteiger partial charge in [0.2, 0.25) is 0 Å². The van der Waals surface area contributed by atoms with Crippen LogP contribution in [-0.4, -0.2) is 60.9 Å². The highest BCUT2D eigenvalue weighted by atomic mass is 32.3. The van der Waals surface area contributed by atoms with Gasteiger partial charge in [0.25, 0.3) is 0 Å². The second kappa shape index (κ2) is 22.0. The Labute approximate surface area is 362 Å². The van der Waals surface area contributed by atoms with Crippen molar-refractivity contribution in [1.82, 2.24) is 0 Å². The number of hydrogen-bond acceptors (Lipinski definition) is 11. The molecule has 0 saturated carbocycles. The van der Waals surface area contributed by atoms with Crippen LogP contribution in [-0.2, 0) is 8.98 Å². The van der Waals surface area contributed by atoms with Gasteiger partial charge in [-0.3, -0.25) is 4.79 Å². The zero-order chi connectivity index (χ0) is 45.2. The van der Waals surface area contributed by atoms with Crippen molar-refractivity contribution in [1.29, 1.82) is 0 Å². The van der Waals surface area contributed by atoms with Gasteiger partial charge in [-0.25, -0.2) is 0 Å². The van der Waals surface area contributed by atoms with Crippen molar-refractivity contribution < 1.29 is 51.6 Å². The number of rotatable bonds is 23. The third-order valence-corrected chi connectivity index (χ3v) is 11.0. The van der Waals surface area contributed by atoms with Crippen LogP contribution in [0.4, 0.5) is 0 Å². The van der Waals surface area contributed by atoms with Crippen LogP contribution >= 0.6 is 10.3 Å². The summed E-state index contributed by atoms with van der Waals surface area (Å²) in [5, 5.41) is 0. The minimum absolute atomic E-state index is 0.0224. The zero-order valence-corrected chi connectivity index (χ0v) is 40.6. The van der Waals surface area contributed by atoms with E-state index in [1.54, 1.807) is 6.92 Å². The number of benzene rings is 3. The molecule has 0 fully saturated rings. The number of hydrogen-bond donors (Lipinski definition) is 0. The Morgan fingerprint density at radius 1 is 0.367 bits per heavy atom. The van der Waals surface area contributed by atoms with E-state index in [1.807, 2.05) is 161 Å². The maximum absolute atomic E-state index is 14.7. The molecule has 3 aromatic carbocycles. The van der Waals surface area contributed by atoms with E-state index >= 15 is 0 Å². The lowest BCUT2D eigenvalue weighted by atomic mass is 10.2. The van der Waals surface area contributed by atoms with E-state index < -0.39 is 16.3 Å². The Balaban J connectivity index is 3.07. The van der Waals surface area contributed by atoms with E-state index in [-0.39, 0.29) is 61.4 Å². The summed E-state index contributed by atoms with van der Waals surface area (Å²) >= 11 is 0. The lowest BCUT2D eigenvalue weighted by Gasteiger charge is -2.44. The van der Waals surface area contributed by atoms with Gasteiger partial charge in [-0.2, -0.15) is 0 Å². The summed E-state index contributed by atoms with van der Waals surface area (Å²) < 4.78 is 67.5. The van der Waals surface area contributed by atoms with Gasteiger partial charge in [0.05, 0.1) is 54.9 Å². The van der Waals surface area contributed by atoms with Gasteiger partial charge < -0.3 is 46.8 Å². The van der Waals surface area contributed by atoms with Gasteiger partial charge in [-0.05, 0) is 125 Å². The summed E-state index contributed by atoms with van der Waals surface area (Å²) in [6.07, 6.45) is -2.58. The monoisotopic (exact) mass is 858 g/mol. The molecule has 0 heterocycles. The highest BCUT2D eigenvalue weighted by Crippen LogP contribution is 2.81. The summed E-state index contributed by atoms with van der Waals surface area (Å²) in [7, 11) is -3.60. The average Bonchev–Trinajstić information content (AvgIpc) is 3.05. The largest absolute Gasteiger partial charge is 0.491 e. The maximum Gasteiger partial charge on any atom is 0.316 e. The Morgan fingerprint density at radius 3 is 0.700 bits per heavy atom. The first-order chi connectivity index (χ1) is 28.0. The molecule has 0 spiro atoms. The lowest BCUT2D eigenvalue weighted by molar-refractivity contribution is -0.133. The van der Waals surface area contributed by atoms with Crippen LogP contribution in [0.5, 0.6) is 51.7 Å². The van der Waals surface area contributed by atoms with Crippen molar-refractivity contribution in [2.45, 2.75) is 208 Å². The first-order valence-corrected chi connectivity index (χ1v) is 23.1. The van der Waals surface area contributed by atoms with E-state index in [0.717, 1.165) is 0 Å². The van der Waals surface area contributed by atoms with Gasteiger partial charge in [-0.1, -0.05) is 6.92 Å². The van der Waals surface area contributed by atoms with Gasteiger partial charge in [0, 0.05) is 53.1 Å². The minimum Gasteiger partial charge on any atom is -0.491 e. The molecule has 0 aliphatic carbocycles. The Kier molecular flexibility index (Phi) is 18.3. The molecule has 60 heavy (non-hydrogen) atoms. The second-order valence-corrected chi connectivity index (χ2v) is 19.6. The molecule has 0 amide bonds. The molecule has 0 radical (unpaired) electrons. The van der Waals surface area contributed by atoms with Crippen LogP contribution < -0.4 is 42.6 Å². The van der Waals surface area contributed by atoms with Crippen molar-refractivity contribution in [2.75, 3.05) is 0 Å². The van der Waals surface area contributed by atoms with Crippen molar-refractivity contribution in [2.24, 2.45) is 0 Å². The van der Waals surface area contributed by atoms with Crippen LogP contribution in [0, 0.1) is 0 Å². The first kappa shape index (κ1) is 50.0. The van der Waals surface area contributed by atoms with Crippen molar-refractivity contribution in [3.8, 4) is 51.7 Å². The quantitative estimate of drug-likeness (QED) is 0.0909. The van der Waals surface area contributed by atoms with Crippen LogP contribution in [0.15, 0.2) is 51.1 Å². The Hall–Kier alpha value is -4.32. The fourth-order valence-electron chi connectivity index (χ4n) is 6.21. The molecule has 0 unspecified atom stereocenters. The molecular formula is C48H74O11S. The topological polar surface area (TPSA) is 109 Å². The second-order valence-electron chi connectivity index (χ2n) is 17.1. The van der Waals surface area contributed by atoms with Gasteiger partial charge in [0.15, 0.2) is 0 Å². The maximum atomic E-state index is 14.7. The highest BCUT2D eigenvalue weighted by molar-refractivity contribution is 8.30. The van der Waals surface area contributed by atoms with Gasteiger partial charge >= 0.3 is 5.97 Å². The first-order valence-electron chi connectivity index (χ1n) is 21.6. The summed E-state index contributed by atoms with van der Waals surface area (Å²) in [4.78, 5) is 15.9. The normalized spacial score (nSPS) is 12.3. The molecule has 0 aliphatic heterocycles. The average molecular weight is 859 g/mol. The molecule has 0 aromatic heterocycles. The van der Waals surface area contributed by atoms with Crippen LogP contribution in [0.3, 0.4) is 0 Å². The molecule has 3 rings (SSSR count). The fraction of sp³-hybridized carbons (Fsp3) is 0.604. The third-order valence-electron chi connectivity index (χ3n) is 7.64. The predicted octanol–water partition coefficient (Wildman–Crippen LogP) is 12.9. The molecule has 11 nitrogen and oxygen atoms in total. The predicted molar refractivity (Wildman–Crippen MR) is 240 cm³/mol. The standard InChI is InChI=1S/C48H74O11S/c1-20-45(49)59-60(46-39(53-30(8)9)21-36(50-27(2)3)22-40(46)54-31(10)11,47-41(55-32(12)13)23-37(51-28(4)5)24-42(47)56-33(14)15)48-43(57-34(16)17)25-38(52-29(6)7)26-44(48)58-35(18)19/h21-35H,20H2,1-19H3. The Morgan fingerprint density at radius 2 is 0.550 bits per heavy atom. The molecule has 12 heteroatoms. The van der Waals surface area contributed by atoms with Gasteiger partial charge in [-0.15, -0.1) is 0 Å². The van der Waals surface area contributed by atoms with Crippen molar-refractivity contribution in [3.63, 3.8) is 0 Å². The summed E-state index contributed by atoms with van der Waals surface area (Å²) in [6.45, 7) is 36.8. The summed E-state index contributed by atoms with van der Waals surface area (Å²) in [5.41, 5.74) is 0. The number of carbonyl (C=O) groups is 1. The SMILES string of the molecule is CCC(=O)OS(c1c(OC(C)C)cc(OC(C)C)cc1OC(C)C)(c1c(OC(C)C)cc(OC(C)C)cc1OC(C)C)c1c(OC(C)C)cc(OC(C)C)cc1OC(C)C. The van der Waals surface area contributed by atoms with Gasteiger partial charge in [0.1, 0.15) is 66.4 Å². The van der Waals surface area contributed by atoms with E-state index in [9.17, 15) is 4.79 Å². The van der Waals surface area contributed by atoms with Crippen LogP contribution in [0.25, 0.3) is 0 Å². The molecule has 3 aromatic rings. The molecule has 0 N–H and O–H groups in total. The minimum atomic E-state index is -3.60. The van der Waals surface area contributed by atoms with Crippen molar-refractivity contribution >= 4 is 16.3 Å². The zero-order valence-electron chi connectivity index (χ0n) is 39.8. The summed E-state index contributed by atoms with van der Waals surface area (Å²) in [6, 6.07) is 11.0. The third kappa shape index (κ3) is 13.6. The van der Waals surface area contributed by atoms with E-state index in [4.69, 9.17) is 46.8 Å². The van der Waals surface area contributed by atoms with E-state index in [0.29, 0.717) is 66.4 Å². The van der Waals surface area contributed by atoms with E-state index in [2.05, 4.69) is 0 Å². The Bertz CT molecular complexity index is 1560. The van der Waals surface area contributed by atoms with E-state index in [1.165, 1.54) is 0 Å².